The summed E-state index contributed by atoms with van der Waals surface area (Å²) in [5, 5.41) is 3.42. The molecule has 0 spiro atoms. The van der Waals surface area contributed by atoms with E-state index in [0.717, 1.165) is 30.0 Å². The maximum absolute atomic E-state index is 5.52. The summed E-state index contributed by atoms with van der Waals surface area (Å²) in [6.07, 6.45) is 9.77. The summed E-state index contributed by atoms with van der Waals surface area (Å²) in [4.78, 5) is 6.92. The summed E-state index contributed by atoms with van der Waals surface area (Å²) < 4.78 is 2.17. The molecular weight excluding hydrogens is 242 g/mol. The van der Waals surface area contributed by atoms with E-state index in [2.05, 4.69) is 47.6 Å². The van der Waals surface area contributed by atoms with Crippen LogP contribution in [0, 0.1) is 26.2 Å². The van der Waals surface area contributed by atoms with E-state index in [1.54, 1.807) is 11.3 Å². The van der Waals surface area contributed by atoms with Crippen molar-refractivity contribution in [1.29, 1.82) is 0 Å². The molecule has 0 bridgehead atoms. The van der Waals surface area contributed by atoms with Crippen molar-refractivity contribution in [2.75, 3.05) is 0 Å². The van der Waals surface area contributed by atoms with Crippen LogP contribution in [0.5, 0.6) is 0 Å². The van der Waals surface area contributed by atoms with Crippen LogP contribution in [0.1, 0.15) is 36.0 Å². The molecule has 0 saturated heterocycles. The Kier molecular flexibility index (Phi) is 4.05. The largest absolute Gasteiger partial charge is 0.298 e. The van der Waals surface area contributed by atoms with Crippen LogP contribution in [-0.2, 0) is 6.54 Å². The Labute approximate surface area is 112 Å². The summed E-state index contributed by atoms with van der Waals surface area (Å²) in [5.41, 5.74) is 2.30. The molecule has 2 aromatic heterocycles. The van der Waals surface area contributed by atoms with Gasteiger partial charge in [0, 0.05) is 17.6 Å². The Morgan fingerprint density at radius 3 is 3.00 bits per heavy atom. The summed E-state index contributed by atoms with van der Waals surface area (Å²) in [5.74, 6) is 2.80. The Hall–Kier alpha value is -1.31. The van der Waals surface area contributed by atoms with Gasteiger partial charge in [-0.15, -0.1) is 17.8 Å². The van der Waals surface area contributed by atoms with Crippen LogP contribution in [0.2, 0.25) is 0 Å². The molecule has 0 aliphatic heterocycles. The van der Waals surface area contributed by atoms with Crippen LogP contribution in [0.4, 0.5) is 0 Å². The van der Waals surface area contributed by atoms with Crippen LogP contribution < -0.4 is 5.32 Å². The minimum absolute atomic E-state index is 0.152. The molecule has 0 fully saturated rings. The molecule has 3 nitrogen and oxygen atoms in total. The average Bonchev–Trinajstić information content (AvgIpc) is 2.80. The van der Waals surface area contributed by atoms with Crippen LogP contribution in [0.3, 0.4) is 0 Å². The van der Waals surface area contributed by atoms with Crippen LogP contribution in [-0.4, -0.2) is 15.4 Å². The number of rotatable bonds is 5. The molecule has 1 atom stereocenters. The fraction of sp³-hybridized carbons (Fsp3) is 0.500. The summed E-state index contributed by atoms with van der Waals surface area (Å²) in [6.45, 7) is 7.08. The van der Waals surface area contributed by atoms with Crippen LogP contribution in [0.25, 0.3) is 4.96 Å². The van der Waals surface area contributed by atoms with Crippen molar-refractivity contribution in [3.05, 3.63) is 22.5 Å². The molecule has 18 heavy (non-hydrogen) atoms. The van der Waals surface area contributed by atoms with Gasteiger partial charge >= 0.3 is 0 Å². The Balaban J connectivity index is 2.16. The first-order chi connectivity index (χ1) is 8.65. The second-order valence-electron chi connectivity index (χ2n) is 4.53. The fourth-order valence-electron chi connectivity index (χ4n) is 2.07. The molecule has 1 N–H and O–H groups in total. The SMILES string of the molecule is C#CC(CCC)NCc1c(C)nc2sc(C)cn12. The lowest BCUT2D eigenvalue weighted by Gasteiger charge is -2.11. The van der Waals surface area contributed by atoms with Crippen molar-refractivity contribution in [3.63, 3.8) is 0 Å². The Morgan fingerprint density at radius 1 is 1.56 bits per heavy atom. The van der Waals surface area contributed by atoms with Crippen molar-refractivity contribution in [1.82, 2.24) is 14.7 Å². The normalized spacial score (nSPS) is 12.8. The molecule has 4 heteroatoms. The summed E-state index contributed by atoms with van der Waals surface area (Å²) in [6, 6.07) is 0.152. The predicted octanol–water partition coefficient (Wildman–Crippen LogP) is 2.90. The predicted molar refractivity (Wildman–Crippen MR) is 76.9 cm³/mol. The number of aryl methyl sites for hydroxylation is 2. The number of hydrogen-bond acceptors (Lipinski definition) is 3. The summed E-state index contributed by atoms with van der Waals surface area (Å²) in [7, 11) is 0. The number of hydrogen-bond donors (Lipinski definition) is 1. The number of thiazole rings is 1. The molecule has 0 amide bonds. The molecule has 0 aliphatic carbocycles. The number of nitrogens with zero attached hydrogens (tertiary/aromatic N) is 2. The lowest BCUT2D eigenvalue weighted by atomic mass is 10.2. The monoisotopic (exact) mass is 261 g/mol. The lowest BCUT2D eigenvalue weighted by Crippen LogP contribution is -2.27. The molecule has 2 heterocycles. The van der Waals surface area contributed by atoms with E-state index >= 15 is 0 Å². The third-order valence-corrected chi connectivity index (χ3v) is 3.93. The van der Waals surface area contributed by atoms with Gasteiger partial charge < -0.3 is 0 Å². The van der Waals surface area contributed by atoms with Gasteiger partial charge in [0.1, 0.15) is 0 Å². The van der Waals surface area contributed by atoms with Gasteiger partial charge in [-0.1, -0.05) is 19.3 Å². The molecule has 1 unspecified atom stereocenters. The van der Waals surface area contributed by atoms with Crippen LogP contribution >= 0.6 is 11.3 Å². The highest BCUT2D eigenvalue weighted by atomic mass is 32.1. The molecule has 96 valence electrons. The number of fused-ring (bicyclic) bond motifs is 1. The zero-order chi connectivity index (χ0) is 13.1. The van der Waals surface area contributed by atoms with Gasteiger partial charge in [-0.2, -0.15) is 0 Å². The van der Waals surface area contributed by atoms with Gasteiger partial charge in [0.25, 0.3) is 0 Å². The quantitative estimate of drug-likeness (QED) is 0.839. The maximum Gasteiger partial charge on any atom is 0.194 e. The highest BCUT2D eigenvalue weighted by molar-refractivity contribution is 7.17. The zero-order valence-corrected chi connectivity index (χ0v) is 12.0. The fourth-order valence-corrected chi connectivity index (χ4v) is 2.96. The first-order valence-corrected chi connectivity index (χ1v) is 7.10. The van der Waals surface area contributed by atoms with Crippen molar-refractivity contribution in [3.8, 4) is 12.3 Å². The van der Waals surface area contributed by atoms with Crippen molar-refractivity contribution < 1.29 is 0 Å². The third-order valence-electron chi connectivity index (χ3n) is 3.04. The standard InChI is InChI=1S/C14H19N3S/c1-5-7-12(6-2)15-8-13-11(4)16-14-17(13)9-10(3)18-14/h2,9,12,15H,5,7-8H2,1,3-4H3. The lowest BCUT2D eigenvalue weighted by molar-refractivity contribution is 0.555. The van der Waals surface area contributed by atoms with Gasteiger partial charge in [0.15, 0.2) is 4.96 Å². The molecule has 0 saturated carbocycles. The number of terminal acetylenes is 1. The topological polar surface area (TPSA) is 29.3 Å². The van der Waals surface area contributed by atoms with E-state index in [1.807, 2.05) is 0 Å². The molecule has 0 aliphatic rings. The van der Waals surface area contributed by atoms with E-state index in [-0.39, 0.29) is 6.04 Å². The maximum atomic E-state index is 5.52. The number of aromatic nitrogens is 2. The highest BCUT2D eigenvalue weighted by Gasteiger charge is 2.12. The Bertz CT molecular complexity index is 574. The van der Waals surface area contributed by atoms with E-state index in [9.17, 15) is 0 Å². The smallest absolute Gasteiger partial charge is 0.194 e. The highest BCUT2D eigenvalue weighted by Crippen LogP contribution is 2.20. The van der Waals surface area contributed by atoms with Crippen molar-refractivity contribution in [2.45, 2.75) is 46.2 Å². The summed E-state index contributed by atoms with van der Waals surface area (Å²) >= 11 is 1.72. The van der Waals surface area contributed by atoms with E-state index in [0.29, 0.717) is 0 Å². The third kappa shape index (κ3) is 2.58. The Morgan fingerprint density at radius 2 is 2.33 bits per heavy atom. The molecule has 0 aromatic carbocycles. The van der Waals surface area contributed by atoms with Crippen molar-refractivity contribution >= 4 is 16.3 Å². The molecule has 2 aromatic rings. The van der Waals surface area contributed by atoms with Gasteiger partial charge in [-0.3, -0.25) is 9.72 Å². The van der Waals surface area contributed by atoms with E-state index < -0.39 is 0 Å². The first-order valence-electron chi connectivity index (χ1n) is 6.29. The first kappa shape index (κ1) is 13.1. The molecule has 0 radical (unpaired) electrons. The minimum atomic E-state index is 0.152. The van der Waals surface area contributed by atoms with Gasteiger partial charge in [-0.05, 0) is 20.3 Å². The van der Waals surface area contributed by atoms with E-state index in [1.165, 1.54) is 10.6 Å². The average molecular weight is 261 g/mol. The van der Waals surface area contributed by atoms with Gasteiger partial charge in [0.2, 0.25) is 0 Å². The second kappa shape index (κ2) is 5.55. The van der Waals surface area contributed by atoms with Gasteiger partial charge in [-0.25, -0.2) is 4.98 Å². The van der Waals surface area contributed by atoms with Gasteiger partial charge in [0.05, 0.1) is 17.4 Å². The van der Waals surface area contributed by atoms with E-state index in [4.69, 9.17) is 6.42 Å². The number of imidazole rings is 1. The number of nitrogens with one attached hydrogen (secondary N) is 1. The zero-order valence-electron chi connectivity index (χ0n) is 11.2. The molecule has 2 rings (SSSR count). The molecular formula is C14H19N3S. The second-order valence-corrected chi connectivity index (χ2v) is 5.74. The van der Waals surface area contributed by atoms with Crippen molar-refractivity contribution in [2.24, 2.45) is 0 Å². The minimum Gasteiger partial charge on any atom is -0.298 e. The van der Waals surface area contributed by atoms with Crippen LogP contribution in [0.15, 0.2) is 6.20 Å².